The van der Waals surface area contributed by atoms with Gasteiger partial charge in [-0.25, -0.2) is 4.79 Å². The molecular formula is C16H16O3. The molecule has 0 aliphatic carbocycles. The molecule has 0 saturated heterocycles. The number of methoxy groups -OCH3 is 1. The molecule has 0 aromatic heterocycles. The Morgan fingerprint density at radius 2 is 1.63 bits per heavy atom. The molecule has 19 heavy (non-hydrogen) atoms. The van der Waals surface area contributed by atoms with E-state index in [4.69, 9.17) is 9.47 Å². The van der Waals surface area contributed by atoms with Crippen molar-refractivity contribution in [2.45, 2.75) is 13.0 Å². The van der Waals surface area contributed by atoms with E-state index in [0.717, 1.165) is 11.3 Å². The van der Waals surface area contributed by atoms with Crippen LogP contribution in [0.25, 0.3) is 0 Å². The fourth-order valence-electron chi connectivity index (χ4n) is 1.87. The second kappa shape index (κ2) is 6.05. The molecular weight excluding hydrogens is 240 g/mol. The average Bonchev–Trinajstić information content (AvgIpc) is 2.48. The topological polar surface area (TPSA) is 35.5 Å². The first kappa shape index (κ1) is 13.1. The minimum atomic E-state index is -0.358. The molecule has 3 heteroatoms. The van der Waals surface area contributed by atoms with E-state index in [1.54, 1.807) is 19.2 Å². The predicted molar refractivity (Wildman–Crippen MR) is 73.3 cm³/mol. The summed E-state index contributed by atoms with van der Waals surface area (Å²) in [4.78, 5) is 12.0. The highest BCUT2D eigenvalue weighted by Gasteiger charge is 2.16. The molecule has 1 atom stereocenters. The Morgan fingerprint density at radius 1 is 1.00 bits per heavy atom. The lowest BCUT2D eigenvalue weighted by atomic mass is 10.1. The van der Waals surface area contributed by atoms with E-state index in [2.05, 4.69) is 0 Å². The van der Waals surface area contributed by atoms with Crippen molar-refractivity contribution < 1.29 is 14.3 Å². The summed E-state index contributed by atoms with van der Waals surface area (Å²) >= 11 is 0. The molecule has 0 saturated carbocycles. The van der Waals surface area contributed by atoms with Crippen molar-refractivity contribution in [3.05, 3.63) is 65.7 Å². The van der Waals surface area contributed by atoms with E-state index in [0.29, 0.717) is 5.56 Å². The number of esters is 1. The lowest BCUT2D eigenvalue weighted by Crippen LogP contribution is -2.10. The van der Waals surface area contributed by atoms with Gasteiger partial charge in [0.2, 0.25) is 0 Å². The van der Waals surface area contributed by atoms with Gasteiger partial charge in [0.15, 0.2) is 0 Å². The largest absolute Gasteiger partial charge is 0.496 e. The molecule has 0 radical (unpaired) electrons. The van der Waals surface area contributed by atoms with E-state index in [9.17, 15) is 4.79 Å². The van der Waals surface area contributed by atoms with Gasteiger partial charge in [0.1, 0.15) is 11.9 Å². The van der Waals surface area contributed by atoms with Crippen LogP contribution < -0.4 is 4.74 Å². The van der Waals surface area contributed by atoms with Crippen molar-refractivity contribution in [2.75, 3.05) is 7.11 Å². The maximum Gasteiger partial charge on any atom is 0.338 e. The summed E-state index contributed by atoms with van der Waals surface area (Å²) in [6.45, 7) is 1.83. The van der Waals surface area contributed by atoms with Crippen molar-refractivity contribution in [1.29, 1.82) is 0 Å². The standard InChI is InChI=1S/C16H16O3/c1-12(14-10-6-7-11-15(14)18-2)19-16(17)13-8-4-3-5-9-13/h3-12H,1-2H3. The number of carbonyl (C=O) groups is 1. The molecule has 1 unspecified atom stereocenters. The molecule has 3 nitrogen and oxygen atoms in total. The number of hydrogen-bond donors (Lipinski definition) is 0. The third kappa shape index (κ3) is 3.13. The molecule has 0 amide bonds. The molecule has 2 aromatic rings. The van der Waals surface area contributed by atoms with Gasteiger partial charge < -0.3 is 9.47 Å². The Labute approximate surface area is 112 Å². The van der Waals surface area contributed by atoms with Crippen LogP contribution in [0.1, 0.15) is 28.9 Å². The van der Waals surface area contributed by atoms with E-state index < -0.39 is 0 Å². The second-order valence-electron chi connectivity index (χ2n) is 4.16. The molecule has 0 aliphatic rings. The van der Waals surface area contributed by atoms with E-state index in [1.165, 1.54) is 0 Å². The molecule has 0 aliphatic heterocycles. The molecule has 2 aromatic carbocycles. The third-order valence-corrected chi connectivity index (χ3v) is 2.87. The van der Waals surface area contributed by atoms with Gasteiger partial charge in [-0.1, -0.05) is 36.4 Å². The summed E-state index contributed by atoms with van der Waals surface area (Å²) in [6.07, 6.45) is -0.358. The predicted octanol–water partition coefficient (Wildman–Crippen LogP) is 3.61. The average molecular weight is 256 g/mol. The number of para-hydroxylation sites is 1. The Hall–Kier alpha value is -2.29. The monoisotopic (exact) mass is 256 g/mol. The molecule has 0 heterocycles. The van der Waals surface area contributed by atoms with Crippen molar-refractivity contribution in [3.63, 3.8) is 0 Å². The van der Waals surface area contributed by atoms with Crippen LogP contribution in [0.4, 0.5) is 0 Å². The van der Waals surface area contributed by atoms with Crippen molar-refractivity contribution in [1.82, 2.24) is 0 Å². The summed E-state index contributed by atoms with van der Waals surface area (Å²) in [5.74, 6) is 0.384. The summed E-state index contributed by atoms with van der Waals surface area (Å²) in [7, 11) is 1.60. The van der Waals surface area contributed by atoms with E-state index in [1.807, 2.05) is 49.4 Å². The van der Waals surface area contributed by atoms with Gasteiger partial charge in [-0.3, -0.25) is 0 Å². The highest BCUT2D eigenvalue weighted by molar-refractivity contribution is 5.89. The highest BCUT2D eigenvalue weighted by Crippen LogP contribution is 2.27. The SMILES string of the molecule is COc1ccccc1C(C)OC(=O)c1ccccc1. The Morgan fingerprint density at radius 3 is 2.32 bits per heavy atom. The Balaban J connectivity index is 2.13. The van der Waals surface area contributed by atoms with Crippen molar-refractivity contribution in [3.8, 4) is 5.75 Å². The summed E-state index contributed by atoms with van der Waals surface area (Å²) in [5.41, 5.74) is 1.40. The summed E-state index contributed by atoms with van der Waals surface area (Å²) in [6, 6.07) is 16.5. The Bertz CT molecular complexity index is 549. The number of hydrogen-bond acceptors (Lipinski definition) is 3. The maximum absolute atomic E-state index is 12.0. The molecule has 2 rings (SSSR count). The van der Waals surface area contributed by atoms with Crippen LogP contribution in [0, 0.1) is 0 Å². The van der Waals surface area contributed by atoms with E-state index >= 15 is 0 Å². The lowest BCUT2D eigenvalue weighted by Gasteiger charge is -2.16. The van der Waals surface area contributed by atoms with Gasteiger partial charge in [-0.15, -0.1) is 0 Å². The van der Waals surface area contributed by atoms with Crippen LogP contribution in [0.2, 0.25) is 0 Å². The number of carbonyl (C=O) groups excluding carboxylic acids is 1. The van der Waals surface area contributed by atoms with Crippen molar-refractivity contribution >= 4 is 5.97 Å². The lowest BCUT2D eigenvalue weighted by molar-refractivity contribution is 0.0333. The zero-order valence-corrected chi connectivity index (χ0v) is 11.0. The van der Waals surface area contributed by atoms with Crippen LogP contribution >= 0.6 is 0 Å². The summed E-state index contributed by atoms with van der Waals surface area (Å²) < 4.78 is 10.7. The van der Waals surface area contributed by atoms with Gasteiger partial charge in [-0.2, -0.15) is 0 Å². The van der Waals surface area contributed by atoms with Gasteiger partial charge >= 0.3 is 5.97 Å². The van der Waals surface area contributed by atoms with Gasteiger partial charge in [-0.05, 0) is 25.1 Å². The van der Waals surface area contributed by atoms with Crippen LogP contribution in [0.15, 0.2) is 54.6 Å². The molecule has 0 bridgehead atoms. The first-order chi connectivity index (χ1) is 9.22. The Kier molecular flexibility index (Phi) is 4.18. The fourth-order valence-corrected chi connectivity index (χ4v) is 1.87. The van der Waals surface area contributed by atoms with Crippen LogP contribution in [0.3, 0.4) is 0 Å². The quantitative estimate of drug-likeness (QED) is 0.784. The van der Waals surface area contributed by atoms with Gasteiger partial charge in [0.05, 0.1) is 12.7 Å². The molecule has 0 fully saturated rings. The highest BCUT2D eigenvalue weighted by atomic mass is 16.5. The van der Waals surface area contributed by atoms with Crippen LogP contribution in [0.5, 0.6) is 5.75 Å². The number of ether oxygens (including phenoxy) is 2. The van der Waals surface area contributed by atoms with Crippen LogP contribution in [-0.4, -0.2) is 13.1 Å². The molecule has 0 N–H and O–H groups in total. The van der Waals surface area contributed by atoms with Gasteiger partial charge in [0.25, 0.3) is 0 Å². The first-order valence-corrected chi connectivity index (χ1v) is 6.11. The van der Waals surface area contributed by atoms with Crippen LogP contribution in [-0.2, 0) is 4.74 Å². The number of benzene rings is 2. The zero-order valence-electron chi connectivity index (χ0n) is 11.0. The zero-order chi connectivity index (χ0) is 13.7. The fraction of sp³-hybridized carbons (Fsp3) is 0.188. The van der Waals surface area contributed by atoms with Gasteiger partial charge in [0, 0.05) is 5.56 Å². The molecule has 0 spiro atoms. The normalized spacial score (nSPS) is 11.7. The first-order valence-electron chi connectivity index (χ1n) is 6.11. The third-order valence-electron chi connectivity index (χ3n) is 2.87. The maximum atomic E-state index is 12.0. The smallest absolute Gasteiger partial charge is 0.338 e. The minimum Gasteiger partial charge on any atom is -0.496 e. The summed E-state index contributed by atoms with van der Waals surface area (Å²) in [5, 5.41) is 0. The second-order valence-corrected chi connectivity index (χ2v) is 4.16. The minimum absolute atomic E-state index is 0.334. The van der Waals surface area contributed by atoms with Crippen molar-refractivity contribution in [2.24, 2.45) is 0 Å². The van der Waals surface area contributed by atoms with E-state index in [-0.39, 0.29) is 12.1 Å². The number of rotatable bonds is 4. The molecule has 98 valence electrons.